The summed E-state index contributed by atoms with van der Waals surface area (Å²) in [4.78, 5) is 3.79. The van der Waals surface area contributed by atoms with Gasteiger partial charge in [-0.3, -0.25) is 0 Å². The van der Waals surface area contributed by atoms with Gasteiger partial charge in [-0.1, -0.05) is 18.2 Å². The molecule has 0 atom stereocenters. The number of nitrogens with one attached hydrogen (secondary N) is 1. The lowest BCUT2D eigenvalue weighted by molar-refractivity contribution is 1.08. The Kier molecular flexibility index (Phi) is 0.965. The van der Waals surface area contributed by atoms with Gasteiger partial charge in [0.1, 0.15) is 0 Å². The molecule has 0 heterocycles. The Hall–Kier alpha value is -1.40. The summed E-state index contributed by atoms with van der Waals surface area (Å²) in [5.41, 5.74) is 3.42. The number of nitrogens with zero attached hydrogens (tertiary/aromatic N) is 1. The van der Waals surface area contributed by atoms with E-state index in [2.05, 4.69) is 4.99 Å². The molecular weight excluding hydrogens is 124 g/mol. The van der Waals surface area contributed by atoms with E-state index in [4.69, 9.17) is 5.41 Å². The fraction of sp³-hybridized carbons (Fsp3) is 0.125. The third-order valence-corrected chi connectivity index (χ3v) is 1.75. The zero-order valence-corrected chi connectivity index (χ0v) is 5.39. The van der Waals surface area contributed by atoms with Crippen LogP contribution in [0.5, 0.6) is 0 Å². The number of benzene rings is 1. The van der Waals surface area contributed by atoms with E-state index in [1.807, 2.05) is 24.2 Å². The Morgan fingerprint density at radius 2 is 2.10 bits per heavy atom. The summed E-state index contributed by atoms with van der Waals surface area (Å²) in [6.45, 7) is 0. The normalized spacial score (nSPS) is 11.6. The molecule has 3 rings (SSSR count). The molecule has 2 heteroatoms. The van der Waals surface area contributed by atoms with Crippen LogP contribution >= 0.6 is 0 Å². The molecule has 0 unspecified atom stereocenters. The molecular formula is C8H6N2. The number of hydrogen-bond acceptors (Lipinski definition) is 2. The number of hydrogen-bond donors (Lipinski definition) is 1. The summed E-state index contributed by atoms with van der Waals surface area (Å²) >= 11 is 0. The van der Waals surface area contributed by atoms with Crippen LogP contribution in [0, 0.1) is 5.41 Å². The number of aliphatic imine (C=N–C) groups is 1. The van der Waals surface area contributed by atoms with Gasteiger partial charge in [-0.2, -0.15) is 4.99 Å². The molecule has 48 valence electrons. The van der Waals surface area contributed by atoms with E-state index < -0.39 is 0 Å². The third kappa shape index (κ3) is 0.539. The fourth-order valence-electron chi connectivity index (χ4n) is 1.23. The zero-order chi connectivity index (χ0) is 6.97. The second-order valence-corrected chi connectivity index (χ2v) is 2.33. The predicted molar refractivity (Wildman–Crippen MR) is 39.1 cm³/mol. The standard InChI is InChI=1S/C8H6N2/c9-5-10-8-6-2-1-3-7(8)4-6/h1-3,9H,4H2. The summed E-state index contributed by atoms with van der Waals surface area (Å²) < 4.78 is 0. The van der Waals surface area contributed by atoms with Gasteiger partial charge in [0.25, 0.3) is 0 Å². The van der Waals surface area contributed by atoms with Gasteiger partial charge in [0, 0.05) is 6.42 Å². The van der Waals surface area contributed by atoms with Crippen molar-refractivity contribution in [3.63, 3.8) is 0 Å². The number of fused-ring (bicyclic) bond motifs is 2. The molecule has 0 aliphatic heterocycles. The first kappa shape index (κ1) is 5.39. The lowest BCUT2D eigenvalue weighted by Gasteiger charge is -2.17. The summed E-state index contributed by atoms with van der Waals surface area (Å²) in [6, 6.07) is 8.11. The fourth-order valence-corrected chi connectivity index (χ4v) is 1.23. The van der Waals surface area contributed by atoms with E-state index in [0.29, 0.717) is 0 Å². The van der Waals surface area contributed by atoms with Gasteiger partial charge in [-0.25, -0.2) is 5.41 Å². The average molecular weight is 130 g/mol. The van der Waals surface area contributed by atoms with Crippen molar-refractivity contribution in [1.82, 2.24) is 0 Å². The molecule has 2 aliphatic rings. The predicted octanol–water partition coefficient (Wildman–Crippen LogP) is 1.97. The van der Waals surface area contributed by atoms with Crippen molar-refractivity contribution in [1.29, 1.82) is 5.41 Å². The second kappa shape index (κ2) is 1.79. The van der Waals surface area contributed by atoms with Crippen molar-refractivity contribution < 1.29 is 0 Å². The van der Waals surface area contributed by atoms with E-state index in [9.17, 15) is 0 Å². The number of para-hydroxylation sites is 1. The molecule has 2 bridgehead atoms. The maximum absolute atomic E-state index is 6.65. The van der Waals surface area contributed by atoms with Gasteiger partial charge in [0.2, 0.25) is 0 Å². The highest BCUT2D eigenvalue weighted by Crippen LogP contribution is 2.36. The van der Waals surface area contributed by atoms with Crippen LogP contribution < -0.4 is 0 Å². The molecule has 0 amide bonds. The largest absolute Gasteiger partial charge is 0.241 e. The number of rotatable bonds is 1. The highest BCUT2D eigenvalue weighted by atomic mass is 14.8. The molecule has 1 aromatic rings. The van der Waals surface area contributed by atoms with Crippen molar-refractivity contribution in [3.8, 4) is 0 Å². The van der Waals surface area contributed by atoms with Crippen LogP contribution in [0.25, 0.3) is 0 Å². The molecule has 0 aromatic heterocycles. The minimum absolute atomic E-state index is 0.956. The molecule has 2 nitrogen and oxygen atoms in total. The van der Waals surface area contributed by atoms with Gasteiger partial charge in [-0.15, -0.1) is 0 Å². The quantitative estimate of drug-likeness (QED) is 0.573. The van der Waals surface area contributed by atoms with Crippen molar-refractivity contribution in [2.75, 3.05) is 0 Å². The zero-order valence-electron chi connectivity index (χ0n) is 5.39. The molecule has 0 saturated heterocycles. The van der Waals surface area contributed by atoms with Crippen molar-refractivity contribution >= 4 is 11.7 Å². The minimum Gasteiger partial charge on any atom is -0.241 e. The van der Waals surface area contributed by atoms with Crippen LogP contribution in [0.2, 0.25) is 0 Å². The Morgan fingerprint density at radius 1 is 1.40 bits per heavy atom. The first-order valence-corrected chi connectivity index (χ1v) is 3.15. The Bertz CT molecular complexity index is 302. The molecule has 1 N–H and O–H groups in total. The summed E-state index contributed by atoms with van der Waals surface area (Å²) in [5, 5.41) is 6.65. The average Bonchev–Trinajstić information content (AvgIpc) is 2.01. The highest BCUT2D eigenvalue weighted by molar-refractivity contribution is 5.67. The second-order valence-electron chi connectivity index (χ2n) is 2.33. The van der Waals surface area contributed by atoms with Gasteiger partial charge in [0.05, 0.1) is 11.7 Å². The maximum Gasteiger partial charge on any atom is 0.0918 e. The van der Waals surface area contributed by atoms with Crippen LogP contribution in [-0.2, 0) is 6.42 Å². The first-order chi connectivity index (χ1) is 4.92. The molecule has 0 fully saturated rings. The Morgan fingerprint density at radius 3 is 2.60 bits per heavy atom. The Labute approximate surface area is 58.7 Å². The topological polar surface area (TPSA) is 36.2 Å². The van der Waals surface area contributed by atoms with Crippen LogP contribution in [0.4, 0.5) is 5.69 Å². The van der Waals surface area contributed by atoms with E-state index >= 15 is 0 Å². The molecule has 0 radical (unpaired) electrons. The smallest absolute Gasteiger partial charge is 0.0918 e. The van der Waals surface area contributed by atoms with Crippen molar-refractivity contribution in [2.24, 2.45) is 4.99 Å². The molecule has 2 aliphatic carbocycles. The summed E-state index contributed by atoms with van der Waals surface area (Å²) in [7, 11) is 0. The van der Waals surface area contributed by atoms with Gasteiger partial charge >= 0.3 is 0 Å². The summed E-state index contributed by atoms with van der Waals surface area (Å²) in [6.07, 6.45) is 1.02. The molecule has 0 saturated carbocycles. The maximum atomic E-state index is 6.65. The van der Waals surface area contributed by atoms with Crippen LogP contribution in [0.15, 0.2) is 23.2 Å². The van der Waals surface area contributed by atoms with E-state index in [1.54, 1.807) is 0 Å². The summed E-state index contributed by atoms with van der Waals surface area (Å²) in [5.74, 6) is 0. The SMILES string of the molecule is N=C=Nc1c2cccc1C2. The lowest BCUT2D eigenvalue weighted by Crippen LogP contribution is -2.01. The first-order valence-electron chi connectivity index (χ1n) is 3.15. The minimum atomic E-state index is 0.956. The highest BCUT2D eigenvalue weighted by Gasteiger charge is 2.16. The molecule has 1 aromatic carbocycles. The van der Waals surface area contributed by atoms with Crippen molar-refractivity contribution in [3.05, 3.63) is 29.3 Å². The van der Waals surface area contributed by atoms with E-state index in [0.717, 1.165) is 12.1 Å². The van der Waals surface area contributed by atoms with Crippen LogP contribution in [-0.4, -0.2) is 6.01 Å². The van der Waals surface area contributed by atoms with Crippen LogP contribution in [0.1, 0.15) is 11.1 Å². The van der Waals surface area contributed by atoms with Gasteiger partial charge in [-0.05, 0) is 11.1 Å². The van der Waals surface area contributed by atoms with Gasteiger partial charge in [0.15, 0.2) is 0 Å². The lowest BCUT2D eigenvalue weighted by atomic mass is 9.90. The van der Waals surface area contributed by atoms with Crippen molar-refractivity contribution in [2.45, 2.75) is 6.42 Å². The Balaban J connectivity index is 2.59. The van der Waals surface area contributed by atoms with Crippen LogP contribution in [0.3, 0.4) is 0 Å². The monoisotopic (exact) mass is 130 g/mol. The molecule has 0 spiro atoms. The van der Waals surface area contributed by atoms with E-state index in [-0.39, 0.29) is 0 Å². The third-order valence-electron chi connectivity index (χ3n) is 1.75. The van der Waals surface area contributed by atoms with E-state index in [1.165, 1.54) is 11.1 Å². The van der Waals surface area contributed by atoms with Gasteiger partial charge < -0.3 is 0 Å². The molecule has 10 heavy (non-hydrogen) atoms.